The number of hydrogen-bond acceptors (Lipinski definition) is 9. The normalized spacial score (nSPS) is 10.8. The summed E-state index contributed by atoms with van der Waals surface area (Å²) in [5.41, 5.74) is 1.57. The molecule has 0 spiro atoms. The van der Waals surface area contributed by atoms with Crippen LogP contribution in [-0.2, 0) is 16.1 Å². The summed E-state index contributed by atoms with van der Waals surface area (Å²) in [5, 5.41) is 13.7. The molecule has 4 aromatic rings. The van der Waals surface area contributed by atoms with Gasteiger partial charge in [0, 0.05) is 12.2 Å². The highest BCUT2D eigenvalue weighted by molar-refractivity contribution is 8.01. The Hall–Kier alpha value is -3.64. The van der Waals surface area contributed by atoms with Crippen LogP contribution in [-0.4, -0.2) is 39.4 Å². The maximum absolute atomic E-state index is 12.4. The number of benzene rings is 2. The largest absolute Gasteiger partial charge is 0.495 e. The number of aromatic nitrogens is 3. The quantitative estimate of drug-likeness (QED) is 0.273. The molecule has 0 fully saturated rings. The fourth-order valence-corrected chi connectivity index (χ4v) is 4.75. The van der Waals surface area contributed by atoms with Gasteiger partial charge in [0.25, 0.3) is 0 Å². The van der Waals surface area contributed by atoms with E-state index in [9.17, 15) is 14.4 Å². The summed E-state index contributed by atoms with van der Waals surface area (Å²) in [7, 11) is 1.54. The fraction of sp³-hybridized carbons (Fsp3) is 0.190. The molecule has 2 aromatic heterocycles. The van der Waals surface area contributed by atoms with Crippen LogP contribution >= 0.6 is 23.1 Å². The summed E-state index contributed by atoms with van der Waals surface area (Å²) in [5.74, 6) is -0.102. The predicted molar refractivity (Wildman–Crippen MR) is 126 cm³/mol. The van der Waals surface area contributed by atoms with Crippen LogP contribution in [0.25, 0.3) is 11.1 Å². The fourth-order valence-electron chi connectivity index (χ4n) is 2.98. The highest BCUT2D eigenvalue weighted by Gasteiger charge is 2.15. The minimum absolute atomic E-state index is 0.150. The Bertz CT molecular complexity index is 1350. The lowest BCUT2D eigenvalue weighted by molar-refractivity contribution is -0.117. The molecule has 0 atom stereocenters. The molecular formula is C21H19N5O5S2. The number of amides is 2. The molecule has 2 heterocycles. The summed E-state index contributed by atoms with van der Waals surface area (Å²) < 4.78 is 12.2. The highest BCUT2D eigenvalue weighted by Crippen LogP contribution is 2.27. The van der Waals surface area contributed by atoms with Crippen LogP contribution < -0.4 is 21.1 Å². The van der Waals surface area contributed by atoms with Crippen molar-refractivity contribution < 1.29 is 18.7 Å². The first-order valence-corrected chi connectivity index (χ1v) is 11.6. The third-order valence-electron chi connectivity index (χ3n) is 4.46. The topological polar surface area (TPSA) is 128 Å². The van der Waals surface area contributed by atoms with Crippen LogP contribution in [0.3, 0.4) is 0 Å². The van der Waals surface area contributed by atoms with E-state index < -0.39 is 11.7 Å². The zero-order valence-electron chi connectivity index (χ0n) is 17.4. The van der Waals surface area contributed by atoms with E-state index in [1.165, 1.54) is 27.7 Å². The van der Waals surface area contributed by atoms with Gasteiger partial charge in [-0.3, -0.25) is 19.5 Å². The SMILES string of the molecule is COc1ccccc1NC(=O)CCSc1nnc(NC(=O)Cn2c(=O)oc3ccccc32)s1. The Morgan fingerprint density at radius 2 is 1.88 bits per heavy atom. The summed E-state index contributed by atoms with van der Waals surface area (Å²) >= 11 is 2.55. The van der Waals surface area contributed by atoms with Crippen molar-refractivity contribution in [1.29, 1.82) is 0 Å². The number of thioether (sulfide) groups is 1. The molecular weight excluding hydrogens is 466 g/mol. The first-order chi connectivity index (χ1) is 16.0. The van der Waals surface area contributed by atoms with Gasteiger partial charge in [-0.15, -0.1) is 10.2 Å². The summed E-state index contributed by atoms with van der Waals surface area (Å²) in [4.78, 5) is 36.6. The first kappa shape index (κ1) is 22.6. The van der Waals surface area contributed by atoms with Crippen LogP contribution in [0.2, 0.25) is 0 Å². The van der Waals surface area contributed by atoms with Crippen LogP contribution in [0.1, 0.15) is 6.42 Å². The van der Waals surface area contributed by atoms with E-state index >= 15 is 0 Å². The van der Waals surface area contributed by atoms with Crippen LogP contribution in [0, 0.1) is 0 Å². The zero-order chi connectivity index (χ0) is 23.2. The molecule has 0 saturated heterocycles. The van der Waals surface area contributed by atoms with Crippen molar-refractivity contribution in [3.8, 4) is 5.75 Å². The van der Waals surface area contributed by atoms with Gasteiger partial charge in [0.1, 0.15) is 12.3 Å². The van der Waals surface area contributed by atoms with Gasteiger partial charge in [-0.2, -0.15) is 0 Å². The highest BCUT2D eigenvalue weighted by atomic mass is 32.2. The molecule has 2 amide bonds. The van der Waals surface area contributed by atoms with E-state index in [-0.39, 0.29) is 18.9 Å². The smallest absolute Gasteiger partial charge is 0.420 e. The molecule has 2 N–H and O–H groups in total. The number of nitrogens with one attached hydrogen (secondary N) is 2. The Morgan fingerprint density at radius 3 is 2.73 bits per heavy atom. The Kier molecular flexibility index (Phi) is 7.05. The van der Waals surface area contributed by atoms with Crippen molar-refractivity contribution in [2.45, 2.75) is 17.3 Å². The van der Waals surface area contributed by atoms with Crippen molar-refractivity contribution in [2.24, 2.45) is 0 Å². The molecule has 12 heteroatoms. The maximum atomic E-state index is 12.4. The Labute approximate surface area is 196 Å². The number of methoxy groups -OCH3 is 1. The van der Waals surface area contributed by atoms with E-state index in [1.54, 1.807) is 43.5 Å². The van der Waals surface area contributed by atoms with Gasteiger partial charge in [0.2, 0.25) is 16.9 Å². The van der Waals surface area contributed by atoms with Gasteiger partial charge in [0.15, 0.2) is 9.92 Å². The standard InChI is InChI=1S/C21H19N5O5S2/c1-30-15-8-4-2-6-13(15)22-17(27)10-11-32-20-25-24-19(33-20)23-18(28)12-26-14-7-3-5-9-16(14)31-21(26)29/h2-9H,10-12H2,1H3,(H,22,27)(H,23,24,28). The molecule has 0 saturated carbocycles. The lowest BCUT2D eigenvalue weighted by atomic mass is 10.3. The number of oxazole rings is 1. The Morgan fingerprint density at radius 1 is 1.09 bits per heavy atom. The van der Waals surface area contributed by atoms with Crippen LogP contribution in [0.4, 0.5) is 10.8 Å². The van der Waals surface area contributed by atoms with Crippen LogP contribution in [0.5, 0.6) is 5.75 Å². The van der Waals surface area contributed by atoms with Crippen molar-refractivity contribution in [3.05, 3.63) is 59.1 Å². The molecule has 0 aliphatic heterocycles. The molecule has 0 radical (unpaired) electrons. The molecule has 10 nitrogen and oxygen atoms in total. The number of anilines is 2. The minimum atomic E-state index is -0.605. The third-order valence-corrected chi connectivity index (χ3v) is 6.44. The lowest BCUT2D eigenvalue weighted by Crippen LogP contribution is -2.24. The second kappa shape index (κ2) is 10.3. The molecule has 2 aromatic carbocycles. The predicted octanol–water partition coefficient (Wildman–Crippen LogP) is 3.21. The average molecular weight is 486 g/mol. The van der Waals surface area contributed by atoms with Crippen molar-refractivity contribution >= 4 is 56.8 Å². The molecule has 0 aliphatic carbocycles. The number of ether oxygens (including phenoxy) is 1. The zero-order valence-corrected chi connectivity index (χ0v) is 19.1. The molecule has 0 aliphatic rings. The van der Waals surface area contributed by atoms with Gasteiger partial charge in [0.05, 0.1) is 18.3 Å². The molecule has 0 bridgehead atoms. The number of fused-ring (bicyclic) bond motifs is 1. The summed E-state index contributed by atoms with van der Waals surface area (Å²) in [6, 6.07) is 14.1. The summed E-state index contributed by atoms with van der Waals surface area (Å²) in [6.07, 6.45) is 0.264. The molecule has 170 valence electrons. The maximum Gasteiger partial charge on any atom is 0.420 e. The van der Waals surface area contributed by atoms with Gasteiger partial charge < -0.3 is 14.5 Å². The second-order valence-electron chi connectivity index (χ2n) is 6.69. The lowest BCUT2D eigenvalue weighted by Gasteiger charge is -2.09. The number of carbonyl (C=O) groups is 2. The number of carbonyl (C=O) groups excluding carboxylic acids is 2. The van der Waals surface area contributed by atoms with Gasteiger partial charge >= 0.3 is 5.76 Å². The first-order valence-electron chi connectivity index (χ1n) is 9.81. The van der Waals surface area contributed by atoms with Crippen molar-refractivity contribution in [3.63, 3.8) is 0 Å². The number of para-hydroxylation sites is 4. The number of rotatable bonds is 9. The third kappa shape index (κ3) is 5.59. The van der Waals surface area contributed by atoms with Crippen molar-refractivity contribution in [1.82, 2.24) is 14.8 Å². The summed E-state index contributed by atoms with van der Waals surface area (Å²) in [6.45, 7) is -0.207. The molecule has 0 unspecified atom stereocenters. The van der Waals surface area contributed by atoms with E-state index in [0.717, 1.165) is 0 Å². The van der Waals surface area contributed by atoms with Gasteiger partial charge in [-0.1, -0.05) is 47.4 Å². The minimum Gasteiger partial charge on any atom is -0.495 e. The average Bonchev–Trinajstić information content (AvgIpc) is 3.37. The Balaban J connectivity index is 1.26. The van der Waals surface area contributed by atoms with E-state index in [0.29, 0.717) is 37.8 Å². The van der Waals surface area contributed by atoms with Gasteiger partial charge in [-0.25, -0.2) is 4.79 Å². The van der Waals surface area contributed by atoms with E-state index in [1.807, 2.05) is 12.1 Å². The monoisotopic (exact) mass is 485 g/mol. The number of nitrogens with zero attached hydrogens (tertiary/aromatic N) is 3. The van der Waals surface area contributed by atoms with E-state index in [4.69, 9.17) is 9.15 Å². The van der Waals surface area contributed by atoms with Crippen molar-refractivity contribution in [2.75, 3.05) is 23.5 Å². The molecule has 4 rings (SSSR count). The van der Waals surface area contributed by atoms with E-state index in [2.05, 4.69) is 20.8 Å². The molecule has 33 heavy (non-hydrogen) atoms. The van der Waals surface area contributed by atoms with Gasteiger partial charge in [-0.05, 0) is 24.3 Å². The van der Waals surface area contributed by atoms with Crippen LogP contribution in [0.15, 0.2) is 62.1 Å². The second-order valence-corrected chi connectivity index (χ2v) is 9.01. The number of hydrogen-bond donors (Lipinski definition) is 2.